The van der Waals surface area contributed by atoms with E-state index < -0.39 is 8.07 Å². The molecule has 0 saturated heterocycles. The van der Waals surface area contributed by atoms with E-state index in [4.69, 9.17) is 0 Å². The Hall–Kier alpha value is -3.49. The number of aryl methyl sites for hydroxylation is 2. The van der Waals surface area contributed by atoms with Crippen LogP contribution in [0.15, 0.2) is 109 Å². The van der Waals surface area contributed by atoms with Crippen LogP contribution < -0.4 is 20.1 Å². The predicted molar refractivity (Wildman–Crippen MR) is 157 cm³/mol. The Kier molecular flexibility index (Phi) is 6.18. The number of hydrogen-bond acceptors (Lipinski definition) is 0. The van der Waals surface area contributed by atoms with E-state index in [1.807, 2.05) is 0 Å². The third-order valence-electron chi connectivity index (χ3n) is 7.78. The minimum atomic E-state index is -2.16. The zero-order chi connectivity index (χ0) is 25.5. The number of pyridine rings is 1. The molecule has 180 valence electrons. The lowest BCUT2D eigenvalue weighted by Crippen LogP contribution is -2.64. The second-order valence-electron chi connectivity index (χ2n) is 11.2. The summed E-state index contributed by atoms with van der Waals surface area (Å²) in [6.07, 6.45) is 2.22. The summed E-state index contributed by atoms with van der Waals surface area (Å²) in [6.45, 7) is 11.6. The molecule has 4 aromatic carbocycles. The van der Waals surface area contributed by atoms with Crippen molar-refractivity contribution in [3.05, 3.63) is 120 Å². The smallest absolute Gasteiger partial charge is 0.200 e. The summed E-state index contributed by atoms with van der Waals surface area (Å²) in [5.74, 6) is 0. The average molecular weight is 487 g/mol. The number of nitrogens with zero attached hydrogens (tertiary/aromatic N) is 1. The summed E-state index contributed by atoms with van der Waals surface area (Å²) in [5.41, 5.74) is 5.38. The van der Waals surface area contributed by atoms with Crippen LogP contribution in [0, 0.1) is 6.92 Å². The first-order valence-electron chi connectivity index (χ1n) is 12.8. The monoisotopic (exact) mass is 486 g/mol. The largest absolute Gasteiger partial charge is 0.220 e. The molecule has 5 rings (SSSR count). The highest BCUT2D eigenvalue weighted by atomic mass is 28.3. The minimum absolute atomic E-state index is 0.109. The second kappa shape index (κ2) is 9.18. The molecular formula is C34H36NSi+. The van der Waals surface area contributed by atoms with Crippen LogP contribution in [0.4, 0.5) is 0 Å². The van der Waals surface area contributed by atoms with E-state index in [1.54, 1.807) is 0 Å². The highest BCUT2D eigenvalue weighted by molar-refractivity contribution is 7.10. The van der Waals surface area contributed by atoms with Crippen LogP contribution in [0.2, 0.25) is 6.55 Å². The number of aromatic nitrogens is 1. The molecular weight excluding hydrogens is 450 g/mol. The second-order valence-corrected chi connectivity index (χ2v) is 15.2. The van der Waals surface area contributed by atoms with Crippen molar-refractivity contribution in [1.82, 2.24) is 0 Å². The topological polar surface area (TPSA) is 3.88 Å². The first-order valence-corrected chi connectivity index (χ1v) is 15.3. The molecule has 0 N–H and O–H groups in total. The Balaban J connectivity index is 1.74. The summed E-state index contributed by atoms with van der Waals surface area (Å²) < 4.78 is 2.28. The fourth-order valence-electron chi connectivity index (χ4n) is 5.41. The molecule has 0 saturated carbocycles. The zero-order valence-corrected chi connectivity index (χ0v) is 23.3. The maximum absolute atomic E-state index is 2.49. The van der Waals surface area contributed by atoms with Gasteiger partial charge in [-0.15, -0.1) is 0 Å². The molecule has 5 aromatic rings. The van der Waals surface area contributed by atoms with Crippen LogP contribution in [0.3, 0.4) is 0 Å². The number of rotatable bonds is 4. The standard InChI is InChI=1S/C34H36NSi/c1-25-17-18-27(34(2,3)4)24-32(25)33-31-20-19-30(23-26(31)21-22-35(33)5)36(6,28-13-9-7-10-14-28)29-15-11-8-12-16-29/h7-24H,1-6H3/q+1. The molecule has 0 aliphatic heterocycles. The quantitative estimate of drug-likeness (QED) is 0.166. The molecule has 1 nitrogen and oxygen atoms in total. The van der Waals surface area contributed by atoms with E-state index in [0.29, 0.717) is 0 Å². The van der Waals surface area contributed by atoms with E-state index in [-0.39, 0.29) is 5.41 Å². The van der Waals surface area contributed by atoms with Gasteiger partial charge in [0, 0.05) is 11.6 Å². The molecule has 2 heteroatoms. The van der Waals surface area contributed by atoms with Gasteiger partial charge in [-0.1, -0.05) is 112 Å². The van der Waals surface area contributed by atoms with Crippen LogP contribution in [0.5, 0.6) is 0 Å². The highest BCUT2D eigenvalue weighted by Crippen LogP contribution is 2.32. The normalized spacial score (nSPS) is 12.2. The van der Waals surface area contributed by atoms with Crippen molar-refractivity contribution in [3.63, 3.8) is 0 Å². The molecule has 0 aliphatic carbocycles. The third kappa shape index (κ3) is 4.20. The van der Waals surface area contributed by atoms with Gasteiger partial charge in [0.05, 0.1) is 5.39 Å². The number of hydrogen-bond donors (Lipinski definition) is 0. The van der Waals surface area contributed by atoms with E-state index in [2.05, 4.69) is 155 Å². The minimum Gasteiger partial charge on any atom is -0.200 e. The summed E-state index contributed by atoms with van der Waals surface area (Å²) in [6, 6.07) is 38.6. The first-order chi connectivity index (χ1) is 17.2. The lowest BCUT2D eigenvalue weighted by atomic mass is 9.84. The third-order valence-corrected chi connectivity index (χ3v) is 12.2. The van der Waals surface area contributed by atoms with Gasteiger partial charge in [-0.25, -0.2) is 4.57 Å². The maximum Gasteiger partial charge on any atom is 0.220 e. The van der Waals surface area contributed by atoms with Gasteiger partial charge in [0.1, 0.15) is 15.1 Å². The van der Waals surface area contributed by atoms with Gasteiger partial charge in [0.25, 0.3) is 0 Å². The Morgan fingerprint density at radius 3 is 1.86 bits per heavy atom. The lowest BCUT2D eigenvalue weighted by molar-refractivity contribution is -0.659. The molecule has 0 fully saturated rings. The van der Waals surface area contributed by atoms with E-state index in [9.17, 15) is 0 Å². The van der Waals surface area contributed by atoms with Crippen molar-refractivity contribution in [2.45, 2.75) is 39.7 Å². The van der Waals surface area contributed by atoms with E-state index >= 15 is 0 Å². The Bertz CT molecular complexity index is 1490. The molecule has 0 amide bonds. The van der Waals surface area contributed by atoms with E-state index in [1.165, 1.54) is 48.7 Å². The van der Waals surface area contributed by atoms with Crippen LogP contribution in [-0.2, 0) is 12.5 Å². The fourth-order valence-corrected chi connectivity index (χ4v) is 8.98. The van der Waals surface area contributed by atoms with Gasteiger partial charge >= 0.3 is 0 Å². The van der Waals surface area contributed by atoms with Crippen molar-refractivity contribution in [3.8, 4) is 11.3 Å². The summed E-state index contributed by atoms with van der Waals surface area (Å²) in [5, 5.41) is 6.91. The van der Waals surface area contributed by atoms with Crippen LogP contribution in [-0.4, -0.2) is 8.07 Å². The molecule has 0 spiro atoms. The number of benzene rings is 4. The molecule has 0 radical (unpaired) electrons. The van der Waals surface area contributed by atoms with Gasteiger partial charge in [-0.05, 0) is 56.5 Å². The predicted octanol–water partition coefficient (Wildman–Crippen LogP) is 6.04. The summed E-state index contributed by atoms with van der Waals surface area (Å²) in [4.78, 5) is 0. The Labute approximate surface area is 217 Å². The van der Waals surface area contributed by atoms with Crippen molar-refractivity contribution < 1.29 is 4.57 Å². The first kappa shape index (κ1) is 24.2. The van der Waals surface area contributed by atoms with Gasteiger partial charge in [-0.2, -0.15) is 0 Å². The molecule has 0 unspecified atom stereocenters. The van der Waals surface area contributed by atoms with Crippen molar-refractivity contribution >= 4 is 34.4 Å². The molecule has 1 heterocycles. The van der Waals surface area contributed by atoms with Gasteiger partial charge in [0.2, 0.25) is 5.69 Å². The molecule has 1 aromatic heterocycles. The van der Waals surface area contributed by atoms with E-state index in [0.717, 1.165) is 0 Å². The van der Waals surface area contributed by atoms with Gasteiger partial charge in [0.15, 0.2) is 6.20 Å². The summed E-state index contributed by atoms with van der Waals surface area (Å²) >= 11 is 0. The SMILES string of the molecule is Cc1ccc(C(C)(C)C)cc1-c1c2ccc([Si](C)(c3ccccc3)c3ccccc3)cc2cc[n+]1C. The molecule has 0 atom stereocenters. The van der Waals surface area contributed by atoms with Gasteiger partial charge in [-0.3, -0.25) is 0 Å². The van der Waals surface area contributed by atoms with Crippen LogP contribution in [0.25, 0.3) is 22.0 Å². The fraction of sp³-hybridized carbons (Fsp3) is 0.206. The molecule has 36 heavy (non-hydrogen) atoms. The maximum atomic E-state index is 2.49. The van der Waals surface area contributed by atoms with Crippen LogP contribution >= 0.6 is 0 Å². The highest BCUT2D eigenvalue weighted by Gasteiger charge is 2.34. The summed E-state index contributed by atoms with van der Waals surface area (Å²) in [7, 11) is 0.00862. The zero-order valence-electron chi connectivity index (χ0n) is 22.3. The Morgan fingerprint density at radius 2 is 1.28 bits per heavy atom. The van der Waals surface area contributed by atoms with Gasteiger partial charge < -0.3 is 0 Å². The van der Waals surface area contributed by atoms with Crippen molar-refractivity contribution in [2.75, 3.05) is 0 Å². The number of fused-ring (bicyclic) bond motifs is 1. The van der Waals surface area contributed by atoms with Crippen molar-refractivity contribution in [2.24, 2.45) is 7.05 Å². The van der Waals surface area contributed by atoms with Crippen molar-refractivity contribution in [1.29, 1.82) is 0 Å². The molecule has 0 bridgehead atoms. The van der Waals surface area contributed by atoms with Crippen LogP contribution in [0.1, 0.15) is 31.9 Å². The molecule has 0 aliphatic rings. The average Bonchev–Trinajstić information content (AvgIpc) is 2.89. The Morgan fingerprint density at radius 1 is 0.667 bits per heavy atom. The lowest BCUT2D eigenvalue weighted by Gasteiger charge is -2.29.